The Hall–Kier alpha value is -2.38. The van der Waals surface area contributed by atoms with E-state index in [1.165, 1.54) is 7.11 Å². The summed E-state index contributed by atoms with van der Waals surface area (Å²) in [5.41, 5.74) is 1.43. The van der Waals surface area contributed by atoms with Gasteiger partial charge < -0.3 is 19.1 Å². The first-order chi connectivity index (χ1) is 13.5. The first-order valence-electron chi connectivity index (χ1n) is 9.69. The summed E-state index contributed by atoms with van der Waals surface area (Å²) in [5, 5.41) is 14.7. The third-order valence-electron chi connectivity index (χ3n) is 5.79. The van der Waals surface area contributed by atoms with Crippen LogP contribution >= 0.6 is 0 Å². The number of ether oxygens (including phenoxy) is 2. The smallest absolute Gasteiger partial charge is 0.337 e. The van der Waals surface area contributed by atoms with Gasteiger partial charge in [-0.05, 0) is 55.9 Å². The highest BCUT2D eigenvalue weighted by atomic mass is 16.5. The molecule has 0 spiro atoms. The molecule has 2 aliphatic rings. The largest absolute Gasteiger partial charge is 0.488 e. The van der Waals surface area contributed by atoms with E-state index in [4.69, 9.17) is 14.0 Å². The third-order valence-corrected chi connectivity index (χ3v) is 5.79. The molecule has 0 bridgehead atoms. The summed E-state index contributed by atoms with van der Waals surface area (Å²) in [4.78, 5) is 13.9. The zero-order valence-corrected chi connectivity index (χ0v) is 16.2. The van der Waals surface area contributed by atoms with Gasteiger partial charge in [0.1, 0.15) is 17.6 Å². The van der Waals surface area contributed by atoms with Crippen molar-refractivity contribution in [3.8, 4) is 5.75 Å². The van der Waals surface area contributed by atoms with Gasteiger partial charge >= 0.3 is 5.97 Å². The number of methoxy groups -OCH3 is 1. The number of rotatable bonds is 5. The fourth-order valence-electron chi connectivity index (χ4n) is 4.43. The number of nitrogens with zero attached hydrogens (tertiary/aromatic N) is 2. The number of likely N-dealkylation sites (tertiary alicyclic amines) is 1. The van der Waals surface area contributed by atoms with Gasteiger partial charge in [-0.25, -0.2) is 4.79 Å². The molecule has 2 aromatic rings. The Balaban J connectivity index is 1.35. The molecule has 1 aliphatic heterocycles. The molecule has 0 amide bonds. The Labute approximate surface area is 164 Å². The molecule has 150 valence electrons. The summed E-state index contributed by atoms with van der Waals surface area (Å²) in [6, 6.07) is 8.82. The van der Waals surface area contributed by atoms with E-state index < -0.39 is 6.10 Å². The highest BCUT2D eigenvalue weighted by molar-refractivity contribution is 5.89. The Morgan fingerprint density at radius 3 is 2.61 bits per heavy atom. The molecule has 0 radical (unpaired) electrons. The molecule has 1 aromatic carbocycles. The summed E-state index contributed by atoms with van der Waals surface area (Å²) in [6.45, 7) is 4.62. The zero-order chi connectivity index (χ0) is 19.7. The van der Waals surface area contributed by atoms with Gasteiger partial charge in [0, 0.05) is 25.7 Å². The summed E-state index contributed by atoms with van der Waals surface area (Å²) in [6.07, 6.45) is 0.832. The monoisotopic (exact) mass is 386 g/mol. The maximum Gasteiger partial charge on any atom is 0.337 e. The third kappa shape index (κ3) is 4.05. The molecule has 4 rings (SSSR count). The predicted octanol–water partition coefficient (Wildman–Crippen LogP) is 2.42. The first kappa shape index (κ1) is 19.0. The van der Waals surface area contributed by atoms with Crippen LogP contribution < -0.4 is 4.74 Å². The summed E-state index contributed by atoms with van der Waals surface area (Å²) < 4.78 is 15.9. The van der Waals surface area contributed by atoms with Crippen LogP contribution in [0.15, 0.2) is 34.9 Å². The van der Waals surface area contributed by atoms with Gasteiger partial charge in [-0.2, -0.15) is 0 Å². The van der Waals surface area contributed by atoms with Crippen molar-refractivity contribution >= 4 is 5.97 Å². The minimum atomic E-state index is -0.490. The van der Waals surface area contributed by atoms with E-state index >= 15 is 0 Å². The van der Waals surface area contributed by atoms with E-state index in [-0.39, 0.29) is 12.1 Å². The summed E-state index contributed by atoms with van der Waals surface area (Å²) >= 11 is 0. The number of fused-ring (bicyclic) bond motifs is 1. The second-order valence-corrected chi connectivity index (χ2v) is 7.85. The highest BCUT2D eigenvalue weighted by Gasteiger charge is 2.42. The van der Waals surface area contributed by atoms with Crippen LogP contribution in [0, 0.1) is 18.8 Å². The molecular formula is C21H26N2O5. The van der Waals surface area contributed by atoms with Gasteiger partial charge in [0.2, 0.25) is 0 Å². The zero-order valence-electron chi connectivity index (χ0n) is 16.2. The molecular weight excluding hydrogens is 360 g/mol. The molecule has 0 unspecified atom stereocenters. The van der Waals surface area contributed by atoms with Crippen LogP contribution in [0.2, 0.25) is 0 Å². The van der Waals surface area contributed by atoms with E-state index in [1.807, 2.05) is 13.0 Å². The lowest BCUT2D eigenvalue weighted by molar-refractivity contribution is -0.0231. The van der Waals surface area contributed by atoms with Crippen molar-refractivity contribution in [3.05, 3.63) is 47.3 Å². The van der Waals surface area contributed by atoms with Gasteiger partial charge in [-0.1, -0.05) is 5.16 Å². The fourth-order valence-corrected chi connectivity index (χ4v) is 4.43. The van der Waals surface area contributed by atoms with Crippen LogP contribution in [0.3, 0.4) is 0 Å². The normalized spacial score (nSPS) is 27.4. The van der Waals surface area contributed by atoms with E-state index in [2.05, 4.69) is 10.1 Å². The fraction of sp³-hybridized carbons (Fsp3) is 0.524. The van der Waals surface area contributed by atoms with Crippen molar-refractivity contribution in [1.29, 1.82) is 0 Å². The van der Waals surface area contributed by atoms with E-state index in [0.717, 1.165) is 43.9 Å². The molecule has 2 fully saturated rings. The van der Waals surface area contributed by atoms with Gasteiger partial charge in [-0.3, -0.25) is 4.90 Å². The summed E-state index contributed by atoms with van der Waals surface area (Å²) in [7, 11) is 1.36. The van der Waals surface area contributed by atoms with Crippen molar-refractivity contribution in [2.45, 2.75) is 38.5 Å². The first-order valence-corrected chi connectivity index (χ1v) is 9.69. The van der Waals surface area contributed by atoms with Gasteiger partial charge in [-0.15, -0.1) is 0 Å². The van der Waals surface area contributed by atoms with Crippen LogP contribution in [0.25, 0.3) is 0 Å². The summed E-state index contributed by atoms with van der Waals surface area (Å²) in [5.74, 6) is 2.08. The molecule has 2 heterocycles. The lowest BCUT2D eigenvalue weighted by Crippen LogP contribution is -2.42. The average molecular weight is 386 g/mol. The van der Waals surface area contributed by atoms with Crippen molar-refractivity contribution in [2.24, 2.45) is 11.8 Å². The Morgan fingerprint density at radius 1 is 1.25 bits per heavy atom. The van der Waals surface area contributed by atoms with E-state index in [9.17, 15) is 9.90 Å². The maximum absolute atomic E-state index is 11.5. The number of carbonyl (C=O) groups excluding carboxylic acids is 1. The van der Waals surface area contributed by atoms with Crippen LogP contribution in [0.5, 0.6) is 5.75 Å². The lowest BCUT2D eigenvalue weighted by atomic mass is 9.78. The number of aliphatic hydroxyl groups excluding tert-OH is 1. The number of aryl methyl sites for hydroxylation is 1. The maximum atomic E-state index is 11.5. The van der Waals surface area contributed by atoms with Crippen molar-refractivity contribution in [3.63, 3.8) is 0 Å². The van der Waals surface area contributed by atoms with Crippen LogP contribution in [0.4, 0.5) is 0 Å². The molecule has 1 saturated carbocycles. The number of aromatic nitrogens is 1. The van der Waals surface area contributed by atoms with Crippen LogP contribution in [-0.2, 0) is 11.3 Å². The molecule has 1 N–H and O–H groups in total. The van der Waals surface area contributed by atoms with E-state index in [1.54, 1.807) is 24.3 Å². The van der Waals surface area contributed by atoms with Crippen molar-refractivity contribution < 1.29 is 23.9 Å². The lowest BCUT2D eigenvalue weighted by Gasteiger charge is -2.35. The number of carbonyl (C=O) groups is 1. The number of esters is 1. The Bertz CT molecular complexity index is 818. The topological polar surface area (TPSA) is 85.0 Å². The van der Waals surface area contributed by atoms with E-state index in [0.29, 0.717) is 23.1 Å². The van der Waals surface area contributed by atoms with Crippen LogP contribution in [-0.4, -0.2) is 53.5 Å². The quantitative estimate of drug-likeness (QED) is 0.790. The number of hydrogen-bond acceptors (Lipinski definition) is 7. The van der Waals surface area contributed by atoms with Crippen molar-refractivity contribution in [1.82, 2.24) is 10.1 Å². The minimum absolute atomic E-state index is 0.237. The average Bonchev–Trinajstić information content (AvgIpc) is 3.27. The van der Waals surface area contributed by atoms with Gasteiger partial charge in [0.15, 0.2) is 0 Å². The van der Waals surface area contributed by atoms with Gasteiger partial charge in [0.05, 0.1) is 24.5 Å². The minimum Gasteiger partial charge on any atom is -0.488 e. The number of hydrogen-bond donors (Lipinski definition) is 1. The van der Waals surface area contributed by atoms with Gasteiger partial charge in [0.25, 0.3) is 0 Å². The molecule has 28 heavy (non-hydrogen) atoms. The molecule has 1 aliphatic carbocycles. The highest BCUT2D eigenvalue weighted by Crippen LogP contribution is 2.38. The second-order valence-electron chi connectivity index (χ2n) is 7.85. The Kier molecular flexibility index (Phi) is 5.37. The van der Waals surface area contributed by atoms with Crippen LogP contribution in [0.1, 0.15) is 34.7 Å². The Morgan fingerprint density at radius 2 is 1.96 bits per heavy atom. The molecule has 1 aromatic heterocycles. The molecule has 7 heteroatoms. The second kappa shape index (κ2) is 7.93. The molecule has 1 saturated heterocycles. The molecule has 4 atom stereocenters. The number of benzene rings is 1. The van der Waals surface area contributed by atoms with Crippen molar-refractivity contribution in [2.75, 3.05) is 20.2 Å². The SMILES string of the molecule is COC(=O)c1ccc(O[C@@H]2C[C@@H]3CN(Cc4cc(C)on4)C[C@@H]3C[C@H]2O)cc1. The molecule has 7 nitrogen and oxygen atoms in total. The number of aliphatic hydroxyl groups is 1. The standard InChI is InChI=1S/C21H26N2O5/c1-13-7-17(22-28-13)12-23-10-15-8-19(24)20(9-16(15)11-23)27-18-5-3-14(4-6-18)21(25)26-2/h3-7,15-16,19-20,24H,8-12H2,1-2H3/t15-,16+,19+,20+/m0/s1. The predicted molar refractivity (Wildman–Crippen MR) is 101 cm³/mol.